The van der Waals surface area contributed by atoms with Crippen molar-refractivity contribution >= 4 is 16.5 Å². The fourth-order valence-electron chi connectivity index (χ4n) is 1.17. The molecule has 0 bridgehead atoms. The molecule has 0 amide bonds. The highest BCUT2D eigenvalue weighted by Crippen LogP contribution is 2.29. The van der Waals surface area contributed by atoms with Crippen molar-refractivity contribution < 1.29 is 5.11 Å². The molecule has 0 radical (unpaired) electrons. The predicted molar refractivity (Wildman–Crippen MR) is 47.8 cm³/mol. The second kappa shape index (κ2) is 2.37. The van der Waals surface area contributed by atoms with E-state index in [9.17, 15) is 5.11 Å². The van der Waals surface area contributed by atoms with Crippen molar-refractivity contribution in [3.05, 3.63) is 30.6 Å². The lowest BCUT2D eigenvalue weighted by atomic mass is 10.1. The van der Waals surface area contributed by atoms with Gasteiger partial charge in [0.2, 0.25) is 0 Å². The summed E-state index contributed by atoms with van der Waals surface area (Å²) in [6.45, 7) is 0. The van der Waals surface area contributed by atoms with E-state index in [4.69, 9.17) is 5.73 Å². The second-order valence-corrected chi connectivity index (χ2v) is 2.60. The number of fused-ring (bicyclic) bond motifs is 1. The first-order valence-electron chi connectivity index (χ1n) is 3.60. The van der Waals surface area contributed by atoms with Crippen LogP contribution >= 0.6 is 0 Å². The van der Waals surface area contributed by atoms with Crippen LogP contribution in [0.3, 0.4) is 0 Å². The molecule has 1 heterocycles. The number of aromatic hydroxyl groups is 1. The van der Waals surface area contributed by atoms with Crippen LogP contribution in [0.1, 0.15) is 0 Å². The van der Waals surface area contributed by atoms with Gasteiger partial charge in [-0.05, 0) is 12.1 Å². The summed E-state index contributed by atoms with van der Waals surface area (Å²) in [7, 11) is 0. The highest BCUT2D eigenvalue weighted by Gasteiger charge is 2.01. The summed E-state index contributed by atoms with van der Waals surface area (Å²) in [5, 5.41) is 11.1. The topological polar surface area (TPSA) is 59.1 Å². The van der Waals surface area contributed by atoms with Gasteiger partial charge in [-0.25, -0.2) is 0 Å². The summed E-state index contributed by atoms with van der Waals surface area (Å²) in [6.07, 6.45) is 3.32. The maximum Gasteiger partial charge on any atom is 0.146 e. The Hall–Kier alpha value is -1.77. The molecule has 0 atom stereocenters. The molecule has 0 saturated heterocycles. The first kappa shape index (κ1) is 6.91. The van der Waals surface area contributed by atoms with Gasteiger partial charge in [-0.1, -0.05) is 6.07 Å². The van der Waals surface area contributed by atoms with Crippen molar-refractivity contribution in [1.82, 2.24) is 4.98 Å². The highest BCUT2D eigenvalue weighted by atomic mass is 16.3. The summed E-state index contributed by atoms with van der Waals surface area (Å²) in [5.41, 5.74) is 5.91. The van der Waals surface area contributed by atoms with Crippen LogP contribution in [0, 0.1) is 0 Å². The normalized spacial score (nSPS) is 10.3. The molecule has 0 aliphatic carbocycles. The summed E-state index contributed by atoms with van der Waals surface area (Å²) in [6, 6.07) is 5.23. The van der Waals surface area contributed by atoms with Crippen LogP contribution in [0.15, 0.2) is 30.6 Å². The first-order valence-corrected chi connectivity index (χ1v) is 3.60. The van der Waals surface area contributed by atoms with Gasteiger partial charge in [0.1, 0.15) is 5.75 Å². The molecule has 0 spiro atoms. The van der Waals surface area contributed by atoms with Crippen LogP contribution in [0.2, 0.25) is 0 Å². The Bertz CT molecular complexity index is 426. The Morgan fingerprint density at radius 1 is 1.25 bits per heavy atom. The second-order valence-electron chi connectivity index (χ2n) is 2.60. The minimum atomic E-state index is 0.134. The standard InChI is InChI=1S/C9H8N2O/c10-8-2-1-6-5-11-4-3-7(6)9(8)12/h1-5,12H,10H2. The van der Waals surface area contributed by atoms with Gasteiger partial charge < -0.3 is 10.8 Å². The van der Waals surface area contributed by atoms with Gasteiger partial charge >= 0.3 is 0 Å². The third kappa shape index (κ3) is 0.871. The van der Waals surface area contributed by atoms with Crippen LogP contribution < -0.4 is 5.73 Å². The summed E-state index contributed by atoms with van der Waals surface area (Å²) < 4.78 is 0. The van der Waals surface area contributed by atoms with Gasteiger partial charge in [0.25, 0.3) is 0 Å². The number of phenols is 1. The summed E-state index contributed by atoms with van der Waals surface area (Å²) in [4.78, 5) is 3.93. The van der Waals surface area contributed by atoms with Crippen LogP contribution in [-0.4, -0.2) is 10.1 Å². The number of nitrogen functional groups attached to an aromatic ring is 1. The van der Waals surface area contributed by atoms with Gasteiger partial charge in [-0.15, -0.1) is 0 Å². The van der Waals surface area contributed by atoms with E-state index in [-0.39, 0.29) is 5.75 Å². The largest absolute Gasteiger partial charge is 0.505 e. The number of hydrogen-bond donors (Lipinski definition) is 2. The zero-order valence-electron chi connectivity index (χ0n) is 6.36. The Morgan fingerprint density at radius 2 is 2.08 bits per heavy atom. The average Bonchev–Trinajstić information content (AvgIpc) is 2.12. The molecule has 0 aliphatic heterocycles. The quantitative estimate of drug-likeness (QED) is 0.453. The molecular formula is C9H8N2O. The van der Waals surface area contributed by atoms with Gasteiger partial charge in [-0.3, -0.25) is 4.98 Å². The van der Waals surface area contributed by atoms with E-state index in [1.165, 1.54) is 0 Å². The lowest BCUT2D eigenvalue weighted by molar-refractivity contribution is 0.484. The maximum absolute atomic E-state index is 9.51. The zero-order valence-corrected chi connectivity index (χ0v) is 6.36. The molecule has 3 heteroatoms. The Morgan fingerprint density at radius 3 is 2.92 bits per heavy atom. The number of pyridine rings is 1. The van der Waals surface area contributed by atoms with E-state index in [2.05, 4.69) is 4.98 Å². The van der Waals surface area contributed by atoms with Crippen LogP contribution in [0.25, 0.3) is 10.8 Å². The number of phenolic OH excluding ortho intramolecular Hbond substituents is 1. The summed E-state index contributed by atoms with van der Waals surface area (Å²) >= 11 is 0. The number of anilines is 1. The Labute approximate surface area is 69.5 Å². The molecule has 2 rings (SSSR count). The van der Waals surface area contributed by atoms with Crippen LogP contribution in [0.5, 0.6) is 5.75 Å². The lowest BCUT2D eigenvalue weighted by Gasteiger charge is -2.01. The van der Waals surface area contributed by atoms with E-state index in [1.807, 2.05) is 6.07 Å². The molecule has 1 aromatic heterocycles. The van der Waals surface area contributed by atoms with Gasteiger partial charge in [0.05, 0.1) is 5.69 Å². The van der Waals surface area contributed by atoms with Crippen molar-refractivity contribution in [2.45, 2.75) is 0 Å². The van der Waals surface area contributed by atoms with Crippen molar-refractivity contribution in [2.24, 2.45) is 0 Å². The van der Waals surface area contributed by atoms with Crippen molar-refractivity contribution in [3.8, 4) is 5.75 Å². The number of benzene rings is 1. The van der Waals surface area contributed by atoms with Gasteiger partial charge in [-0.2, -0.15) is 0 Å². The monoisotopic (exact) mass is 160 g/mol. The Kier molecular flexibility index (Phi) is 1.37. The molecule has 2 aromatic rings. The average molecular weight is 160 g/mol. The first-order chi connectivity index (χ1) is 5.79. The van der Waals surface area contributed by atoms with E-state index < -0.39 is 0 Å². The molecule has 0 fully saturated rings. The third-order valence-electron chi connectivity index (χ3n) is 1.82. The van der Waals surface area contributed by atoms with E-state index in [0.717, 1.165) is 10.8 Å². The maximum atomic E-state index is 9.51. The van der Waals surface area contributed by atoms with Crippen molar-refractivity contribution in [2.75, 3.05) is 5.73 Å². The van der Waals surface area contributed by atoms with E-state index in [0.29, 0.717) is 5.69 Å². The number of nitrogens with two attached hydrogens (primary N) is 1. The number of hydrogen-bond acceptors (Lipinski definition) is 3. The Balaban J connectivity index is 2.91. The smallest absolute Gasteiger partial charge is 0.146 e. The SMILES string of the molecule is Nc1ccc2cnccc2c1O. The van der Waals surface area contributed by atoms with Gasteiger partial charge in [0.15, 0.2) is 0 Å². The molecule has 12 heavy (non-hydrogen) atoms. The van der Waals surface area contributed by atoms with Crippen LogP contribution in [0.4, 0.5) is 5.69 Å². The number of aromatic nitrogens is 1. The molecule has 60 valence electrons. The van der Waals surface area contributed by atoms with E-state index in [1.54, 1.807) is 24.5 Å². The minimum Gasteiger partial charge on any atom is -0.505 e. The molecule has 3 N–H and O–H groups in total. The zero-order chi connectivity index (χ0) is 8.55. The molecule has 0 unspecified atom stereocenters. The predicted octanol–water partition coefficient (Wildman–Crippen LogP) is 1.52. The fourth-order valence-corrected chi connectivity index (χ4v) is 1.17. The van der Waals surface area contributed by atoms with Gasteiger partial charge in [0, 0.05) is 23.2 Å². The van der Waals surface area contributed by atoms with Crippen molar-refractivity contribution in [1.29, 1.82) is 0 Å². The lowest BCUT2D eigenvalue weighted by Crippen LogP contribution is -1.86. The minimum absolute atomic E-state index is 0.134. The third-order valence-corrected chi connectivity index (χ3v) is 1.82. The summed E-state index contributed by atoms with van der Waals surface area (Å²) in [5.74, 6) is 0.134. The molecule has 1 aromatic carbocycles. The molecule has 0 saturated carbocycles. The van der Waals surface area contributed by atoms with Crippen molar-refractivity contribution in [3.63, 3.8) is 0 Å². The highest BCUT2D eigenvalue weighted by molar-refractivity contribution is 5.91. The fraction of sp³-hybridized carbons (Fsp3) is 0. The number of nitrogens with zero attached hydrogens (tertiary/aromatic N) is 1. The molecule has 0 aliphatic rings. The number of rotatable bonds is 0. The molecular weight excluding hydrogens is 152 g/mol. The molecule has 3 nitrogen and oxygen atoms in total. The van der Waals surface area contributed by atoms with E-state index >= 15 is 0 Å². The van der Waals surface area contributed by atoms with Crippen LogP contribution in [-0.2, 0) is 0 Å².